The summed E-state index contributed by atoms with van der Waals surface area (Å²) in [4.78, 5) is 0. The van der Waals surface area contributed by atoms with Crippen molar-refractivity contribution in [3.05, 3.63) is 11.6 Å². The molecule has 6 heterocycles. The van der Waals surface area contributed by atoms with Gasteiger partial charge in [-0.15, -0.1) is 0 Å². The van der Waals surface area contributed by atoms with E-state index in [-0.39, 0.29) is 41.3 Å². The van der Waals surface area contributed by atoms with Gasteiger partial charge >= 0.3 is 0 Å². The lowest BCUT2D eigenvalue weighted by Crippen LogP contribution is -2.67. The van der Waals surface area contributed by atoms with Crippen LogP contribution in [-0.4, -0.2) is 270 Å². The Morgan fingerprint density at radius 3 is 1.75 bits per heavy atom. The molecule has 6 aliphatic heterocycles. The lowest BCUT2D eigenvalue weighted by atomic mass is 9.47. The van der Waals surface area contributed by atoms with Gasteiger partial charge in [0, 0.05) is 19.4 Å². The molecule has 10 aliphatic rings. The van der Waals surface area contributed by atoms with Crippen molar-refractivity contribution in [3.8, 4) is 0 Å². The van der Waals surface area contributed by atoms with Crippen LogP contribution in [0.1, 0.15) is 106 Å². The van der Waals surface area contributed by atoms with E-state index in [1.807, 2.05) is 6.92 Å². The monoisotopic (exact) mass is 1210 g/mol. The smallest absolute Gasteiger partial charge is 0.187 e. The van der Waals surface area contributed by atoms with Crippen molar-refractivity contribution in [2.75, 3.05) is 26.9 Å². The van der Waals surface area contributed by atoms with Crippen molar-refractivity contribution >= 4 is 0 Å². The van der Waals surface area contributed by atoms with Crippen molar-refractivity contribution in [1.29, 1.82) is 0 Å². The molecule has 0 bridgehead atoms. The fraction of sp³-hybridized carbons (Fsp3) is 0.966. The van der Waals surface area contributed by atoms with E-state index in [9.17, 15) is 71.5 Å². The Bertz CT molecular complexity index is 2220. The summed E-state index contributed by atoms with van der Waals surface area (Å²) in [5.41, 5.74) is 1.09. The first kappa shape index (κ1) is 65.6. The molecule has 11 unspecified atom stereocenters. The number of hydrogen-bond donors (Lipinski definition) is 14. The fourth-order valence-electron chi connectivity index (χ4n) is 16.7. The third kappa shape index (κ3) is 11.8. The van der Waals surface area contributed by atoms with Crippen LogP contribution in [0, 0.1) is 46.3 Å². The largest absolute Gasteiger partial charge is 0.394 e. The highest BCUT2D eigenvalue weighted by molar-refractivity contribution is 5.26. The molecular formula is C58H96O26. The normalized spacial score (nSPS) is 55.3. The van der Waals surface area contributed by atoms with Crippen molar-refractivity contribution < 1.29 is 128 Å². The maximum Gasteiger partial charge on any atom is 0.187 e. The van der Waals surface area contributed by atoms with E-state index >= 15 is 0 Å². The highest BCUT2D eigenvalue weighted by atomic mass is 16.8. The molecule has 0 aromatic rings. The first-order valence-electron chi connectivity index (χ1n) is 30.5. The molecule has 26 nitrogen and oxygen atoms in total. The van der Waals surface area contributed by atoms with E-state index < -0.39 is 179 Å². The van der Waals surface area contributed by atoms with Crippen molar-refractivity contribution in [3.63, 3.8) is 0 Å². The number of hydrogen-bond acceptors (Lipinski definition) is 26. The molecule has 36 atom stereocenters. The van der Waals surface area contributed by atoms with Gasteiger partial charge in [-0.05, 0) is 113 Å². The third-order valence-electron chi connectivity index (χ3n) is 21.8. The standard InChI is InChI=1S/C58H96O26/c1-22(21-74-51-43(68)41(66)38(63)33(19-59)79-51)11-16-58(73-8)23(2)35-32(84-58)18-31-29-10-9-27-17-28(12-14-56(27,6)30(29)13-15-57(31,35)7)78-55-50(83-53-45(70)40(65)37(62)25(4)76-53)47(72)49(34(20-60)80-55)82-54-46(71)42(67)48(26(5)77-54)81-52-44(69)39(64)36(61)24(3)75-52/h9,22-26,28-55,59-72H,10-21H2,1-8H3/t22?,23?,24-,25-,26-,28?,29?,30?,31?,32?,33+,34+,35?,36+,37-,38+,39+,40+,41-,42-,43+,44+,45+,46+,47-,48-,49+,50+,51+,52-,53-,54-,55+,56?,57?,58?/m0/s1. The zero-order valence-electron chi connectivity index (χ0n) is 49.3. The number of aliphatic hydroxyl groups is 14. The van der Waals surface area contributed by atoms with Crippen LogP contribution in [0.25, 0.3) is 0 Å². The fourth-order valence-corrected chi connectivity index (χ4v) is 16.7. The van der Waals surface area contributed by atoms with Gasteiger partial charge < -0.3 is 128 Å². The number of ether oxygens (including phenoxy) is 12. The molecule has 10 rings (SSSR count). The SMILES string of the molecule is COC1(CCC(C)CO[C@@H]2O[C@H](CO)[C@@H](O)[C@H](O)[C@H]2O)OC2CC3C4CC=C5CC(O[C@@H]6O[C@H](CO)[C@@H](O[C@@H]7O[C@@H](C)[C@H](O[C@@H]8O[C@@H](C)[C@@H](O)[C@@H](O)[C@H]8O)[C@@H](O)[C@H]7O)[C@H](O)[C@H]6O[C@@H]6O[C@@H](C)[C@H](O)[C@@H](O)[C@H]6O)CCC5(C)C4CCC3(C)C2C1C. The highest BCUT2D eigenvalue weighted by Gasteiger charge is 2.69. The van der Waals surface area contributed by atoms with Crippen LogP contribution in [0.15, 0.2) is 11.6 Å². The molecule has 0 amide bonds. The molecule has 9 fully saturated rings. The van der Waals surface area contributed by atoms with E-state index in [4.69, 9.17) is 56.8 Å². The second-order valence-electron chi connectivity index (χ2n) is 26.8. The summed E-state index contributed by atoms with van der Waals surface area (Å²) in [6.07, 6.45) is -28.2. The van der Waals surface area contributed by atoms with Gasteiger partial charge in [-0.2, -0.15) is 0 Å². The summed E-state index contributed by atoms with van der Waals surface area (Å²) in [6.45, 7) is 12.4. The van der Waals surface area contributed by atoms with Gasteiger partial charge in [0.15, 0.2) is 37.2 Å². The molecule has 4 aliphatic carbocycles. The van der Waals surface area contributed by atoms with Gasteiger partial charge in [-0.25, -0.2) is 0 Å². The second kappa shape index (κ2) is 25.8. The predicted octanol–water partition coefficient (Wildman–Crippen LogP) is -2.47. The minimum Gasteiger partial charge on any atom is -0.394 e. The predicted molar refractivity (Wildman–Crippen MR) is 285 cm³/mol. The minimum atomic E-state index is -1.88. The zero-order chi connectivity index (χ0) is 60.8. The molecule has 6 saturated heterocycles. The van der Waals surface area contributed by atoms with Crippen LogP contribution >= 0.6 is 0 Å². The average molecular weight is 1210 g/mol. The molecule has 0 aromatic heterocycles. The Kier molecular flexibility index (Phi) is 20.1. The summed E-state index contributed by atoms with van der Waals surface area (Å²) in [6, 6.07) is 0. The van der Waals surface area contributed by atoms with Gasteiger partial charge in [-0.3, -0.25) is 0 Å². The van der Waals surface area contributed by atoms with E-state index in [0.717, 1.165) is 32.1 Å². The molecule has 3 saturated carbocycles. The number of aliphatic hydroxyl groups excluding tert-OH is 14. The lowest BCUT2D eigenvalue weighted by molar-refractivity contribution is -0.394. The van der Waals surface area contributed by atoms with Crippen LogP contribution < -0.4 is 0 Å². The molecule has 484 valence electrons. The molecular weight excluding hydrogens is 1110 g/mol. The van der Waals surface area contributed by atoms with Crippen molar-refractivity contribution in [1.82, 2.24) is 0 Å². The van der Waals surface area contributed by atoms with Crippen molar-refractivity contribution in [2.24, 2.45) is 46.3 Å². The van der Waals surface area contributed by atoms with Gasteiger partial charge in [0.2, 0.25) is 0 Å². The molecule has 14 N–H and O–H groups in total. The number of allylic oxidation sites excluding steroid dienone is 1. The third-order valence-corrected chi connectivity index (χ3v) is 21.8. The van der Waals surface area contributed by atoms with Crippen LogP contribution in [0.5, 0.6) is 0 Å². The second-order valence-corrected chi connectivity index (χ2v) is 26.8. The summed E-state index contributed by atoms with van der Waals surface area (Å²) >= 11 is 0. The highest BCUT2D eigenvalue weighted by Crippen LogP contribution is 2.70. The van der Waals surface area contributed by atoms with E-state index in [1.54, 1.807) is 7.11 Å². The van der Waals surface area contributed by atoms with Crippen LogP contribution in [0.3, 0.4) is 0 Å². The van der Waals surface area contributed by atoms with Gasteiger partial charge in [-0.1, -0.05) is 39.3 Å². The lowest BCUT2D eigenvalue weighted by Gasteiger charge is -2.58. The molecule has 26 heteroatoms. The Morgan fingerprint density at radius 1 is 0.571 bits per heavy atom. The maximum atomic E-state index is 12.3. The summed E-state index contributed by atoms with van der Waals surface area (Å²) < 4.78 is 73.6. The molecule has 84 heavy (non-hydrogen) atoms. The quantitative estimate of drug-likeness (QED) is 0.0671. The van der Waals surface area contributed by atoms with Gasteiger partial charge in [0.1, 0.15) is 104 Å². The first-order valence-corrected chi connectivity index (χ1v) is 30.5. The average Bonchev–Trinajstić information content (AvgIpc) is 1.99. The van der Waals surface area contributed by atoms with Crippen LogP contribution in [0.4, 0.5) is 0 Å². The molecule has 0 aromatic carbocycles. The van der Waals surface area contributed by atoms with Gasteiger partial charge in [0.05, 0.1) is 50.3 Å². The zero-order valence-corrected chi connectivity index (χ0v) is 49.3. The number of rotatable bonds is 17. The van der Waals surface area contributed by atoms with Crippen LogP contribution in [-0.2, 0) is 56.8 Å². The Morgan fingerprint density at radius 2 is 1.13 bits per heavy atom. The summed E-state index contributed by atoms with van der Waals surface area (Å²) in [5.74, 6) is 0.707. The van der Waals surface area contributed by atoms with E-state index in [1.165, 1.54) is 26.3 Å². The summed E-state index contributed by atoms with van der Waals surface area (Å²) in [5, 5.41) is 150. The Balaban J connectivity index is 0.792. The number of fused-ring (bicyclic) bond motifs is 7. The summed E-state index contributed by atoms with van der Waals surface area (Å²) in [7, 11) is 1.71. The maximum absolute atomic E-state index is 12.3. The van der Waals surface area contributed by atoms with Crippen molar-refractivity contribution in [2.45, 2.75) is 278 Å². The first-order chi connectivity index (χ1) is 39.7. The van der Waals surface area contributed by atoms with Crippen LogP contribution in [0.2, 0.25) is 0 Å². The molecule has 0 spiro atoms. The minimum absolute atomic E-state index is 0.000235. The number of methoxy groups -OCH3 is 1. The Labute approximate surface area is 489 Å². The van der Waals surface area contributed by atoms with Gasteiger partial charge in [0.25, 0.3) is 0 Å². The topological polar surface area (TPSA) is 394 Å². The van der Waals surface area contributed by atoms with E-state index in [0.29, 0.717) is 43.4 Å². The molecule has 0 radical (unpaired) electrons. The van der Waals surface area contributed by atoms with E-state index in [2.05, 4.69) is 26.8 Å². The Hall–Kier alpha value is -1.30.